The van der Waals surface area contributed by atoms with Gasteiger partial charge in [-0.25, -0.2) is 0 Å². The number of non-ortho nitro benzene ring substituents is 1. The van der Waals surface area contributed by atoms with Gasteiger partial charge in [0.2, 0.25) is 12.2 Å². The number of nitro groups is 1. The highest BCUT2D eigenvalue weighted by Gasteiger charge is 2.53. The number of amides is 1. The van der Waals surface area contributed by atoms with E-state index in [1.807, 2.05) is 30.3 Å². The van der Waals surface area contributed by atoms with Gasteiger partial charge in [0.05, 0.1) is 11.5 Å². The molecule has 2 saturated heterocycles. The number of rotatable bonds is 6. The molecule has 0 aromatic heterocycles. The number of benzene rings is 2. The lowest BCUT2D eigenvalue weighted by Crippen LogP contribution is -2.68. The average molecular weight is 472 g/mol. The van der Waals surface area contributed by atoms with Gasteiger partial charge >= 0.3 is 5.97 Å². The van der Waals surface area contributed by atoms with Crippen LogP contribution in [0.4, 0.5) is 5.69 Å². The number of carbonyl (C=O) groups excluding carboxylic acids is 2. The summed E-state index contributed by atoms with van der Waals surface area (Å²) in [5.41, 5.74) is 0.678. The molecule has 0 aliphatic carbocycles. The Kier molecular flexibility index (Phi) is 7.06. The summed E-state index contributed by atoms with van der Waals surface area (Å²) in [4.78, 5) is 34.4. The van der Waals surface area contributed by atoms with Crippen LogP contribution in [-0.4, -0.2) is 54.1 Å². The number of hydrogen-bond acceptors (Lipinski definition) is 9. The standard InChI is InChI=1S/C23H24N2O9/c1-13(26)24-19-21(31-14(2)27)20-18(12-30-22(34-20)15-6-4-3-5-7-15)33-23(19)32-17-10-8-16(9-11-17)25(28)29/h3-11,18-23H,12H2,1-2H3,(H,24,26)/t18-,19+,20+,21+,22+,23-/m0/s1. The van der Waals surface area contributed by atoms with Crippen molar-refractivity contribution >= 4 is 17.6 Å². The molecule has 11 nitrogen and oxygen atoms in total. The van der Waals surface area contributed by atoms with Crippen molar-refractivity contribution in [1.82, 2.24) is 5.32 Å². The zero-order valence-electron chi connectivity index (χ0n) is 18.5. The monoisotopic (exact) mass is 472 g/mol. The van der Waals surface area contributed by atoms with Crippen LogP contribution in [0.3, 0.4) is 0 Å². The Morgan fingerprint density at radius 2 is 1.76 bits per heavy atom. The van der Waals surface area contributed by atoms with Gasteiger partial charge in [-0.15, -0.1) is 0 Å². The van der Waals surface area contributed by atoms with Gasteiger partial charge in [-0.3, -0.25) is 19.7 Å². The zero-order chi connectivity index (χ0) is 24.2. The van der Waals surface area contributed by atoms with Crippen LogP contribution >= 0.6 is 0 Å². The van der Waals surface area contributed by atoms with Gasteiger partial charge in [-0.2, -0.15) is 0 Å². The highest BCUT2D eigenvalue weighted by Crippen LogP contribution is 2.36. The van der Waals surface area contributed by atoms with Crippen LogP contribution in [0.1, 0.15) is 25.7 Å². The molecule has 1 N–H and O–H groups in total. The summed E-state index contributed by atoms with van der Waals surface area (Å²) in [6.07, 6.45) is -4.17. The summed E-state index contributed by atoms with van der Waals surface area (Å²) < 4.78 is 29.6. The van der Waals surface area contributed by atoms with E-state index in [4.69, 9.17) is 23.7 Å². The van der Waals surface area contributed by atoms with E-state index in [9.17, 15) is 19.7 Å². The van der Waals surface area contributed by atoms with Crippen LogP contribution in [0.2, 0.25) is 0 Å². The number of nitrogens with zero attached hydrogens (tertiary/aromatic N) is 1. The summed E-state index contributed by atoms with van der Waals surface area (Å²) in [6.45, 7) is 2.70. The van der Waals surface area contributed by atoms with E-state index in [1.54, 1.807) is 0 Å². The molecule has 2 aliphatic rings. The van der Waals surface area contributed by atoms with E-state index in [1.165, 1.54) is 38.1 Å². The fourth-order valence-electron chi connectivity index (χ4n) is 3.95. The second-order valence-electron chi connectivity index (χ2n) is 7.89. The molecule has 2 fully saturated rings. The molecule has 1 amide bonds. The lowest BCUT2D eigenvalue weighted by atomic mass is 9.95. The smallest absolute Gasteiger partial charge is 0.303 e. The lowest BCUT2D eigenvalue weighted by molar-refractivity contribution is -0.384. The van der Waals surface area contributed by atoms with E-state index in [2.05, 4.69) is 5.32 Å². The van der Waals surface area contributed by atoms with Crippen molar-refractivity contribution in [3.05, 3.63) is 70.3 Å². The number of nitro benzene ring substituents is 1. The second-order valence-corrected chi connectivity index (χ2v) is 7.89. The first-order chi connectivity index (χ1) is 16.3. The zero-order valence-corrected chi connectivity index (χ0v) is 18.5. The van der Waals surface area contributed by atoms with Gasteiger partial charge in [-0.05, 0) is 12.1 Å². The van der Waals surface area contributed by atoms with Gasteiger partial charge in [0.15, 0.2) is 12.4 Å². The van der Waals surface area contributed by atoms with Gasteiger partial charge in [0.25, 0.3) is 5.69 Å². The van der Waals surface area contributed by atoms with Gasteiger partial charge in [-0.1, -0.05) is 30.3 Å². The van der Waals surface area contributed by atoms with Gasteiger partial charge in [0, 0.05) is 31.5 Å². The quantitative estimate of drug-likeness (QED) is 0.381. The van der Waals surface area contributed by atoms with Crippen molar-refractivity contribution in [2.45, 2.75) is 50.8 Å². The van der Waals surface area contributed by atoms with E-state index in [0.717, 1.165) is 5.56 Å². The number of carbonyl (C=O) groups is 2. The Balaban J connectivity index is 1.60. The molecule has 11 heteroatoms. The van der Waals surface area contributed by atoms with Crippen molar-refractivity contribution in [3.63, 3.8) is 0 Å². The summed E-state index contributed by atoms with van der Waals surface area (Å²) in [6, 6.07) is 13.7. The molecule has 0 unspecified atom stereocenters. The number of hydrogen-bond donors (Lipinski definition) is 1. The molecule has 6 atom stereocenters. The molecule has 2 aromatic carbocycles. The Morgan fingerprint density at radius 3 is 2.38 bits per heavy atom. The first kappa shape index (κ1) is 23.6. The number of nitrogens with one attached hydrogen (secondary N) is 1. The Morgan fingerprint density at radius 1 is 1.06 bits per heavy atom. The maximum absolute atomic E-state index is 12.0. The van der Waals surface area contributed by atoms with Crippen LogP contribution in [0.15, 0.2) is 54.6 Å². The highest BCUT2D eigenvalue weighted by molar-refractivity contribution is 5.73. The van der Waals surface area contributed by atoms with E-state index in [0.29, 0.717) is 0 Å². The summed E-state index contributed by atoms with van der Waals surface area (Å²) >= 11 is 0. The second kappa shape index (κ2) is 10.2. The van der Waals surface area contributed by atoms with Crippen molar-refractivity contribution in [1.29, 1.82) is 0 Å². The first-order valence-electron chi connectivity index (χ1n) is 10.6. The van der Waals surface area contributed by atoms with Crippen LogP contribution in [0.25, 0.3) is 0 Å². The number of esters is 1. The molecular formula is C23H24N2O9. The third-order valence-electron chi connectivity index (χ3n) is 5.38. The average Bonchev–Trinajstić information content (AvgIpc) is 2.81. The van der Waals surface area contributed by atoms with Crippen LogP contribution in [0.5, 0.6) is 5.75 Å². The topological polar surface area (TPSA) is 135 Å². The molecular weight excluding hydrogens is 448 g/mol. The van der Waals surface area contributed by atoms with E-state index in [-0.39, 0.29) is 18.0 Å². The maximum Gasteiger partial charge on any atom is 0.303 e. The predicted molar refractivity (Wildman–Crippen MR) is 116 cm³/mol. The number of fused-ring (bicyclic) bond motifs is 1. The Hall–Kier alpha value is -3.54. The molecule has 2 aliphatic heterocycles. The summed E-state index contributed by atoms with van der Waals surface area (Å²) in [5, 5.41) is 13.7. The fourth-order valence-corrected chi connectivity index (χ4v) is 3.95. The van der Waals surface area contributed by atoms with Gasteiger partial charge in [0.1, 0.15) is 24.0 Å². The van der Waals surface area contributed by atoms with E-state index < -0.39 is 53.7 Å². The predicted octanol–water partition coefficient (Wildman–Crippen LogP) is 2.25. The minimum atomic E-state index is -1.09. The maximum atomic E-state index is 12.0. The highest BCUT2D eigenvalue weighted by atomic mass is 16.8. The molecule has 180 valence electrons. The molecule has 2 heterocycles. The van der Waals surface area contributed by atoms with Crippen molar-refractivity contribution < 1.29 is 38.2 Å². The third kappa shape index (κ3) is 5.33. The lowest BCUT2D eigenvalue weighted by Gasteiger charge is -2.48. The minimum Gasteiger partial charge on any atom is -0.463 e. The van der Waals surface area contributed by atoms with Gasteiger partial charge < -0.3 is 29.0 Å². The normalized spacial score (nSPS) is 28.3. The van der Waals surface area contributed by atoms with Crippen LogP contribution in [0, 0.1) is 10.1 Å². The summed E-state index contributed by atoms with van der Waals surface area (Å²) in [5.74, 6) is -0.694. The third-order valence-corrected chi connectivity index (χ3v) is 5.38. The molecule has 0 bridgehead atoms. The molecule has 2 aromatic rings. The van der Waals surface area contributed by atoms with Crippen LogP contribution < -0.4 is 10.1 Å². The largest absolute Gasteiger partial charge is 0.463 e. The van der Waals surface area contributed by atoms with E-state index >= 15 is 0 Å². The molecule has 34 heavy (non-hydrogen) atoms. The molecule has 4 rings (SSSR count). The van der Waals surface area contributed by atoms with Crippen molar-refractivity contribution in [2.24, 2.45) is 0 Å². The van der Waals surface area contributed by atoms with Crippen molar-refractivity contribution in [3.8, 4) is 5.75 Å². The molecule has 0 saturated carbocycles. The van der Waals surface area contributed by atoms with Crippen LogP contribution in [-0.2, 0) is 28.5 Å². The van der Waals surface area contributed by atoms with Crippen molar-refractivity contribution in [2.75, 3.05) is 6.61 Å². The summed E-state index contributed by atoms with van der Waals surface area (Å²) in [7, 11) is 0. The Bertz CT molecular complexity index is 1030. The molecule has 0 spiro atoms. The SMILES string of the molecule is CC(=O)N[C@H]1[C@@H](Oc2ccc([N+](=O)[O-])cc2)O[C@H]2CO[C@@H](c3ccccc3)O[C@H]2[C@@H]1OC(C)=O. The fraction of sp³-hybridized carbons (Fsp3) is 0.391. The Labute approximate surface area is 195 Å². The first-order valence-corrected chi connectivity index (χ1v) is 10.6. The number of ether oxygens (including phenoxy) is 5. The molecule has 0 radical (unpaired) electrons. The minimum absolute atomic E-state index is 0.103.